The van der Waals surface area contributed by atoms with Crippen LogP contribution in [-0.2, 0) is 10.1 Å². The van der Waals surface area contributed by atoms with Crippen LogP contribution in [0.5, 0.6) is 17.2 Å². The summed E-state index contributed by atoms with van der Waals surface area (Å²) in [4.78, 5) is -0.0237. The van der Waals surface area contributed by atoms with E-state index >= 15 is 0 Å². The number of nitriles is 1. The molecule has 0 aliphatic carbocycles. The highest BCUT2D eigenvalue weighted by Crippen LogP contribution is 2.37. The summed E-state index contributed by atoms with van der Waals surface area (Å²) in [5.41, 5.74) is 2.29. The Bertz CT molecular complexity index is 1340. The van der Waals surface area contributed by atoms with E-state index in [1.54, 1.807) is 36.4 Å². The first-order valence-electron chi connectivity index (χ1n) is 9.53. The fourth-order valence-electron chi connectivity index (χ4n) is 2.96. The van der Waals surface area contributed by atoms with Crippen molar-refractivity contribution in [1.29, 1.82) is 5.26 Å². The van der Waals surface area contributed by atoms with Gasteiger partial charge >= 0.3 is 10.1 Å². The number of allylic oxidation sites excluding steroid dienone is 1. The first-order chi connectivity index (χ1) is 15.7. The van der Waals surface area contributed by atoms with E-state index in [4.69, 9.17) is 36.9 Å². The van der Waals surface area contributed by atoms with Crippen LogP contribution in [0.15, 0.2) is 59.5 Å². The number of halogens is 2. The van der Waals surface area contributed by atoms with Crippen molar-refractivity contribution >= 4 is 45.0 Å². The lowest BCUT2D eigenvalue weighted by molar-refractivity contribution is 0.355. The van der Waals surface area contributed by atoms with Crippen molar-refractivity contribution in [1.82, 2.24) is 0 Å². The van der Waals surface area contributed by atoms with Gasteiger partial charge in [-0.25, -0.2) is 0 Å². The predicted molar refractivity (Wildman–Crippen MR) is 128 cm³/mol. The highest BCUT2D eigenvalue weighted by molar-refractivity contribution is 7.87. The van der Waals surface area contributed by atoms with Crippen LogP contribution in [0.25, 0.3) is 11.6 Å². The summed E-state index contributed by atoms with van der Waals surface area (Å²) in [5, 5.41) is 9.62. The number of ether oxygens (including phenoxy) is 2. The van der Waals surface area contributed by atoms with E-state index < -0.39 is 10.1 Å². The molecule has 0 N–H and O–H groups in total. The lowest BCUT2D eigenvalue weighted by Crippen LogP contribution is -2.10. The molecule has 0 saturated carbocycles. The summed E-state index contributed by atoms with van der Waals surface area (Å²) < 4.78 is 40.9. The third-order valence-electron chi connectivity index (χ3n) is 4.65. The fourth-order valence-corrected chi connectivity index (χ4v) is 4.59. The SMILES string of the molecule is COc1ccc(/C(C#N)=C/c2cc(Cl)c(OS(=O)(=O)c3ccc(C)cc3)c(Cl)c2)cc1OC. The minimum Gasteiger partial charge on any atom is -0.493 e. The van der Waals surface area contributed by atoms with Gasteiger partial charge in [0.1, 0.15) is 4.90 Å². The van der Waals surface area contributed by atoms with Gasteiger partial charge in [0.15, 0.2) is 17.2 Å². The summed E-state index contributed by atoms with van der Waals surface area (Å²) in [6, 6.07) is 16.3. The molecule has 3 aromatic carbocycles. The van der Waals surface area contributed by atoms with Gasteiger partial charge in [-0.3, -0.25) is 0 Å². The first kappa shape index (κ1) is 24.5. The molecule has 0 spiro atoms. The van der Waals surface area contributed by atoms with Crippen LogP contribution in [0, 0.1) is 18.3 Å². The molecule has 0 bridgehead atoms. The average Bonchev–Trinajstić information content (AvgIpc) is 2.79. The van der Waals surface area contributed by atoms with Gasteiger partial charge in [0.05, 0.1) is 35.9 Å². The van der Waals surface area contributed by atoms with Crippen molar-refractivity contribution < 1.29 is 22.1 Å². The van der Waals surface area contributed by atoms with Crippen molar-refractivity contribution in [2.24, 2.45) is 0 Å². The number of aryl methyl sites for hydroxylation is 1. The fraction of sp³-hybridized carbons (Fsp3) is 0.125. The molecule has 170 valence electrons. The largest absolute Gasteiger partial charge is 0.493 e. The van der Waals surface area contributed by atoms with E-state index in [0.29, 0.717) is 28.2 Å². The van der Waals surface area contributed by atoms with Crippen LogP contribution in [0.3, 0.4) is 0 Å². The molecule has 0 fully saturated rings. The summed E-state index contributed by atoms with van der Waals surface area (Å²) in [6.45, 7) is 1.84. The van der Waals surface area contributed by atoms with Gasteiger partial charge in [0, 0.05) is 0 Å². The summed E-state index contributed by atoms with van der Waals surface area (Å²) in [7, 11) is -1.12. The second-order valence-electron chi connectivity index (χ2n) is 6.90. The van der Waals surface area contributed by atoms with Crippen molar-refractivity contribution in [3.63, 3.8) is 0 Å². The van der Waals surface area contributed by atoms with Crippen LogP contribution in [0.2, 0.25) is 10.0 Å². The Balaban J connectivity index is 1.96. The third-order valence-corrected chi connectivity index (χ3v) is 6.45. The topological polar surface area (TPSA) is 85.6 Å². The number of nitrogens with zero attached hydrogens (tertiary/aromatic N) is 1. The Hall–Kier alpha value is -3.18. The number of benzene rings is 3. The summed E-state index contributed by atoms with van der Waals surface area (Å²) >= 11 is 12.6. The van der Waals surface area contributed by atoms with Crippen LogP contribution in [-0.4, -0.2) is 22.6 Å². The van der Waals surface area contributed by atoms with Gasteiger partial charge in [-0.1, -0.05) is 40.9 Å². The van der Waals surface area contributed by atoms with E-state index in [2.05, 4.69) is 6.07 Å². The molecule has 6 nitrogen and oxygen atoms in total. The number of rotatable bonds is 7. The molecule has 0 radical (unpaired) electrons. The van der Waals surface area contributed by atoms with Gasteiger partial charge < -0.3 is 13.7 Å². The molecule has 0 aliphatic heterocycles. The molecule has 0 saturated heterocycles. The van der Waals surface area contributed by atoms with Crippen LogP contribution < -0.4 is 13.7 Å². The van der Waals surface area contributed by atoms with Crippen LogP contribution in [0.1, 0.15) is 16.7 Å². The van der Waals surface area contributed by atoms with Gasteiger partial charge in [-0.2, -0.15) is 13.7 Å². The Kier molecular flexibility index (Phi) is 7.54. The second-order valence-corrected chi connectivity index (χ2v) is 9.26. The minimum absolute atomic E-state index is 0.0194. The maximum absolute atomic E-state index is 12.6. The highest BCUT2D eigenvalue weighted by atomic mass is 35.5. The first-order valence-corrected chi connectivity index (χ1v) is 11.7. The smallest absolute Gasteiger partial charge is 0.339 e. The van der Waals surface area contributed by atoms with Crippen LogP contribution in [0.4, 0.5) is 0 Å². The molecule has 9 heteroatoms. The molecule has 0 atom stereocenters. The van der Waals surface area contributed by atoms with Gasteiger partial charge in [0.25, 0.3) is 0 Å². The lowest BCUT2D eigenvalue weighted by atomic mass is 10.0. The zero-order chi connectivity index (χ0) is 24.2. The van der Waals surface area contributed by atoms with Crippen molar-refractivity contribution in [3.8, 4) is 23.3 Å². The van der Waals surface area contributed by atoms with Gasteiger partial charge in [-0.05, 0) is 66.6 Å². The Morgan fingerprint density at radius 2 is 1.55 bits per heavy atom. The monoisotopic (exact) mass is 503 g/mol. The predicted octanol–water partition coefficient (Wildman–Crippen LogP) is 6.15. The van der Waals surface area contributed by atoms with E-state index in [-0.39, 0.29) is 20.7 Å². The highest BCUT2D eigenvalue weighted by Gasteiger charge is 2.21. The van der Waals surface area contributed by atoms with Gasteiger partial charge in [0.2, 0.25) is 0 Å². The normalized spacial score (nSPS) is 11.6. The average molecular weight is 504 g/mol. The molecule has 0 heterocycles. The Morgan fingerprint density at radius 3 is 2.09 bits per heavy atom. The Morgan fingerprint density at radius 1 is 0.939 bits per heavy atom. The minimum atomic E-state index is -4.14. The summed E-state index contributed by atoms with van der Waals surface area (Å²) in [5.74, 6) is 0.805. The quantitative estimate of drug-likeness (QED) is 0.218. The van der Waals surface area contributed by atoms with Crippen LogP contribution >= 0.6 is 23.2 Å². The molecule has 0 amide bonds. The molecule has 0 aromatic heterocycles. The molecule has 0 aliphatic rings. The van der Waals surface area contributed by atoms with Crippen molar-refractivity contribution in [3.05, 3.63) is 81.3 Å². The van der Waals surface area contributed by atoms with E-state index in [0.717, 1.165) is 5.56 Å². The molecular weight excluding hydrogens is 485 g/mol. The van der Waals surface area contributed by atoms with Crippen molar-refractivity contribution in [2.45, 2.75) is 11.8 Å². The number of hydrogen-bond donors (Lipinski definition) is 0. The number of hydrogen-bond acceptors (Lipinski definition) is 6. The maximum Gasteiger partial charge on any atom is 0.339 e. The lowest BCUT2D eigenvalue weighted by Gasteiger charge is -2.12. The molecule has 0 unspecified atom stereocenters. The molecular formula is C24H19Cl2NO5S. The van der Waals surface area contributed by atoms with E-state index in [9.17, 15) is 13.7 Å². The zero-order valence-corrected chi connectivity index (χ0v) is 20.3. The van der Waals surface area contributed by atoms with Gasteiger partial charge in [-0.15, -0.1) is 0 Å². The second kappa shape index (κ2) is 10.2. The standard InChI is InChI=1S/C24H19Cl2NO5S/c1-15-4-7-19(8-5-15)33(28,29)32-24-20(25)11-16(12-21(24)26)10-18(14-27)17-6-9-22(30-2)23(13-17)31-3/h4-13H,1-3H3/b18-10+. The molecule has 3 rings (SSSR count). The molecule has 33 heavy (non-hydrogen) atoms. The van der Waals surface area contributed by atoms with Crippen molar-refractivity contribution in [2.75, 3.05) is 14.2 Å². The Labute approximate surface area is 202 Å². The molecule has 3 aromatic rings. The van der Waals surface area contributed by atoms with E-state index in [1.165, 1.54) is 38.5 Å². The van der Waals surface area contributed by atoms with E-state index in [1.807, 2.05) is 6.92 Å². The summed E-state index contributed by atoms with van der Waals surface area (Å²) in [6.07, 6.45) is 1.57. The third kappa shape index (κ3) is 5.60. The zero-order valence-electron chi connectivity index (χ0n) is 17.9. The maximum atomic E-state index is 12.6. The number of methoxy groups -OCH3 is 2.